The molecule has 0 spiro atoms. The van der Waals surface area contributed by atoms with E-state index in [1.807, 2.05) is 0 Å². The maximum absolute atomic E-state index is 2.33. The van der Waals surface area contributed by atoms with Crippen LogP contribution in [0.3, 0.4) is 0 Å². The van der Waals surface area contributed by atoms with E-state index in [2.05, 4.69) is 79.8 Å². The van der Waals surface area contributed by atoms with Crippen molar-refractivity contribution in [3.63, 3.8) is 0 Å². The molecule has 2 aromatic rings. The van der Waals surface area contributed by atoms with Crippen molar-refractivity contribution in [2.45, 2.75) is 19.3 Å². The van der Waals surface area contributed by atoms with Crippen LogP contribution < -0.4 is 0 Å². The molecule has 102 valence electrons. The fourth-order valence-corrected chi connectivity index (χ4v) is 3.61. The molecule has 21 heavy (non-hydrogen) atoms. The molecular weight excluding hydrogens is 252 g/mol. The molecule has 1 atom stereocenters. The number of allylic oxidation sites excluding steroid dienone is 6. The van der Waals surface area contributed by atoms with Crippen LogP contribution in [0.25, 0.3) is 16.7 Å². The van der Waals surface area contributed by atoms with Gasteiger partial charge in [-0.2, -0.15) is 0 Å². The Morgan fingerprint density at radius 2 is 1.76 bits per heavy atom. The lowest BCUT2D eigenvalue weighted by Gasteiger charge is -2.14. The minimum absolute atomic E-state index is 0.382. The fraction of sp³-hybridized carbons (Fsp3) is 0.143. The highest BCUT2D eigenvalue weighted by Crippen LogP contribution is 2.48. The molecule has 2 aliphatic carbocycles. The van der Waals surface area contributed by atoms with Crippen LogP contribution in [0, 0.1) is 0 Å². The number of hydrogen-bond acceptors (Lipinski definition) is 0. The van der Waals surface area contributed by atoms with Gasteiger partial charge in [0.1, 0.15) is 0 Å². The lowest BCUT2D eigenvalue weighted by atomic mass is 9.89. The van der Waals surface area contributed by atoms with Gasteiger partial charge >= 0.3 is 0 Å². The molecule has 0 saturated carbocycles. The molecule has 0 N–H and O–H groups in total. The highest BCUT2D eigenvalue weighted by Gasteiger charge is 2.29. The first-order valence-corrected chi connectivity index (χ1v) is 7.62. The molecule has 2 aromatic carbocycles. The molecule has 0 heterocycles. The predicted molar refractivity (Wildman–Crippen MR) is 90.3 cm³/mol. The van der Waals surface area contributed by atoms with Crippen molar-refractivity contribution in [2.75, 3.05) is 0 Å². The van der Waals surface area contributed by atoms with E-state index in [4.69, 9.17) is 0 Å². The highest BCUT2D eigenvalue weighted by molar-refractivity contribution is 5.88. The van der Waals surface area contributed by atoms with E-state index in [9.17, 15) is 0 Å². The summed E-state index contributed by atoms with van der Waals surface area (Å²) in [6, 6.07) is 15.5. The van der Waals surface area contributed by atoms with Crippen LogP contribution in [-0.4, -0.2) is 0 Å². The van der Waals surface area contributed by atoms with Gasteiger partial charge in [0.2, 0.25) is 0 Å². The van der Waals surface area contributed by atoms with Gasteiger partial charge in [-0.15, -0.1) is 0 Å². The van der Waals surface area contributed by atoms with E-state index in [-0.39, 0.29) is 0 Å². The second-order valence-corrected chi connectivity index (χ2v) is 5.66. The van der Waals surface area contributed by atoms with Crippen LogP contribution in [0.4, 0.5) is 0 Å². The molecule has 0 saturated heterocycles. The summed E-state index contributed by atoms with van der Waals surface area (Å²) in [5, 5.41) is 0. The van der Waals surface area contributed by atoms with Gasteiger partial charge in [0.25, 0.3) is 0 Å². The summed E-state index contributed by atoms with van der Waals surface area (Å²) in [5.41, 5.74) is 8.44. The number of rotatable bonds is 2. The summed E-state index contributed by atoms with van der Waals surface area (Å²) < 4.78 is 0. The number of fused-ring (bicyclic) bond motifs is 3. The first-order valence-electron chi connectivity index (χ1n) is 7.62. The average molecular weight is 270 g/mol. The Morgan fingerprint density at radius 1 is 0.952 bits per heavy atom. The van der Waals surface area contributed by atoms with Gasteiger partial charge in [0, 0.05) is 5.92 Å². The normalized spacial score (nSPS) is 18.9. The second-order valence-electron chi connectivity index (χ2n) is 5.66. The van der Waals surface area contributed by atoms with Gasteiger partial charge in [-0.3, -0.25) is 0 Å². The van der Waals surface area contributed by atoms with Gasteiger partial charge in [-0.1, -0.05) is 72.8 Å². The first-order chi connectivity index (χ1) is 10.4. The van der Waals surface area contributed by atoms with E-state index in [1.165, 1.54) is 33.4 Å². The molecule has 0 fully saturated rings. The standard InChI is InChI=1S/C21H18/c1-2-8-19-17-11-5-6-12-18(17)20-14-7-13-16(21(19)20)15-9-3-4-10-15/h2-3,5-14,19H,4H2,1H3. The molecule has 2 aliphatic rings. The van der Waals surface area contributed by atoms with Crippen molar-refractivity contribution >= 4 is 5.57 Å². The third-order valence-electron chi connectivity index (χ3n) is 4.47. The lowest BCUT2D eigenvalue weighted by molar-refractivity contribution is 1.06. The maximum atomic E-state index is 2.33. The van der Waals surface area contributed by atoms with Crippen molar-refractivity contribution < 1.29 is 0 Å². The fourth-order valence-electron chi connectivity index (χ4n) is 3.61. The molecule has 0 bridgehead atoms. The SMILES string of the molecule is CC=CC1c2ccccc2-c2cccc(C3=CCC=C3)c21. The van der Waals surface area contributed by atoms with Gasteiger partial charge in [0.05, 0.1) is 0 Å². The van der Waals surface area contributed by atoms with Crippen LogP contribution in [0.15, 0.2) is 72.8 Å². The van der Waals surface area contributed by atoms with Gasteiger partial charge in [-0.05, 0) is 46.7 Å². The van der Waals surface area contributed by atoms with Crippen LogP contribution >= 0.6 is 0 Å². The van der Waals surface area contributed by atoms with Crippen molar-refractivity contribution in [1.82, 2.24) is 0 Å². The Labute approximate surface area is 126 Å². The molecular formula is C21H18. The summed E-state index contributed by atoms with van der Waals surface area (Å²) in [6.45, 7) is 2.11. The highest BCUT2D eigenvalue weighted by atomic mass is 14.3. The lowest BCUT2D eigenvalue weighted by Crippen LogP contribution is -1.97. The molecule has 0 radical (unpaired) electrons. The topological polar surface area (TPSA) is 0 Å². The third-order valence-corrected chi connectivity index (χ3v) is 4.47. The zero-order valence-electron chi connectivity index (χ0n) is 12.2. The summed E-state index contributed by atoms with van der Waals surface area (Å²) in [7, 11) is 0. The molecule has 0 aromatic heterocycles. The predicted octanol–water partition coefficient (Wildman–Crippen LogP) is 5.72. The monoisotopic (exact) mass is 270 g/mol. The largest absolute Gasteiger partial charge is 0.0907 e. The molecule has 0 amide bonds. The Morgan fingerprint density at radius 3 is 2.57 bits per heavy atom. The summed E-state index contributed by atoms with van der Waals surface area (Å²) in [4.78, 5) is 0. The van der Waals surface area contributed by atoms with Crippen LogP contribution in [0.5, 0.6) is 0 Å². The minimum Gasteiger partial charge on any atom is -0.0907 e. The summed E-state index contributed by atoms with van der Waals surface area (Å²) >= 11 is 0. The van der Waals surface area contributed by atoms with Gasteiger partial charge in [0.15, 0.2) is 0 Å². The van der Waals surface area contributed by atoms with E-state index in [0.717, 1.165) is 6.42 Å². The van der Waals surface area contributed by atoms with Crippen molar-refractivity contribution in [3.05, 3.63) is 89.5 Å². The van der Waals surface area contributed by atoms with E-state index in [0.29, 0.717) is 5.92 Å². The van der Waals surface area contributed by atoms with Crippen molar-refractivity contribution in [2.24, 2.45) is 0 Å². The summed E-state index contributed by atoms with van der Waals surface area (Å²) in [5.74, 6) is 0.382. The van der Waals surface area contributed by atoms with Gasteiger partial charge < -0.3 is 0 Å². The number of benzene rings is 2. The van der Waals surface area contributed by atoms with E-state index < -0.39 is 0 Å². The maximum Gasteiger partial charge on any atom is 0.0287 e. The molecule has 4 rings (SSSR count). The summed E-state index contributed by atoms with van der Waals surface area (Å²) in [6.07, 6.45) is 12.4. The third kappa shape index (κ3) is 1.83. The van der Waals surface area contributed by atoms with Crippen LogP contribution in [-0.2, 0) is 0 Å². The minimum atomic E-state index is 0.382. The Bertz CT molecular complexity index is 787. The van der Waals surface area contributed by atoms with Crippen molar-refractivity contribution in [1.29, 1.82) is 0 Å². The molecule has 0 aliphatic heterocycles. The first kappa shape index (κ1) is 12.4. The average Bonchev–Trinajstić information content (AvgIpc) is 3.15. The molecule has 0 nitrogen and oxygen atoms in total. The Hall–Kier alpha value is -2.34. The number of hydrogen-bond donors (Lipinski definition) is 0. The Balaban J connectivity index is 2.00. The van der Waals surface area contributed by atoms with Crippen LogP contribution in [0.2, 0.25) is 0 Å². The van der Waals surface area contributed by atoms with Gasteiger partial charge in [-0.25, -0.2) is 0 Å². The smallest absolute Gasteiger partial charge is 0.0287 e. The van der Waals surface area contributed by atoms with E-state index in [1.54, 1.807) is 0 Å². The molecule has 1 unspecified atom stereocenters. The zero-order valence-corrected chi connectivity index (χ0v) is 12.2. The van der Waals surface area contributed by atoms with E-state index >= 15 is 0 Å². The second kappa shape index (κ2) is 4.89. The molecule has 0 heteroatoms. The quantitative estimate of drug-likeness (QED) is 0.612. The van der Waals surface area contributed by atoms with Crippen molar-refractivity contribution in [3.8, 4) is 11.1 Å². The zero-order chi connectivity index (χ0) is 14.2. The van der Waals surface area contributed by atoms with Crippen LogP contribution in [0.1, 0.15) is 36.0 Å². The Kier molecular flexibility index (Phi) is 2.89.